The van der Waals surface area contributed by atoms with Crippen LogP contribution >= 0.6 is 0 Å². The molecule has 1 N–H and O–H groups in total. The number of nitriles is 1. The maximum atomic E-state index is 8.42. The number of unbranched alkanes of at least 4 members (excludes halogenated alkanes) is 2. The fraction of sp³-hybridized carbons (Fsp3) is 0.533. The van der Waals surface area contributed by atoms with Crippen LogP contribution in [0.25, 0.3) is 0 Å². The Kier molecular flexibility index (Phi) is 5.72. The molecule has 0 heterocycles. The average Bonchev–Trinajstić information content (AvgIpc) is 2.30. The van der Waals surface area contributed by atoms with Gasteiger partial charge in [-0.1, -0.05) is 12.1 Å². The summed E-state index contributed by atoms with van der Waals surface area (Å²) < 4.78 is 0. The van der Waals surface area contributed by atoms with Crippen molar-refractivity contribution in [3.8, 4) is 6.07 Å². The van der Waals surface area contributed by atoms with E-state index in [0.717, 1.165) is 25.9 Å². The van der Waals surface area contributed by atoms with Crippen molar-refractivity contribution in [2.24, 2.45) is 0 Å². The van der Waals surface area contributed by atoms with Gasteiger partial charge in [0.2, 0.25) is 0 Å². The van der Waals surface area contributed by atoms with Crippen LogP contribution in [0, 0.1) is 32.1 Å². The van der Waals surface area contributed by atoms with Crippen molar-refractivity contribution in [3.63, 3.8) is 0 Å². The fourth-order valence-corrected chi connectivity index (χ4v) is 1.89. The van der Waals surface area contributed by atoms with Gasteiger partial charge in [-0.3, -0.25) is 0 Å². The van der Waals surface area contributed by atoms with Crippen LogP contribution in [0.5, 0.6) is 0 Å². The SMILES string of the molecule is Cc1cc(C)c(CNCCCCC#N)cc1C. The first-order valence-electron chi connectivity index (χ1n) is 6.29. The van der Waals surface area contributed by atoms with Crippen LogP contribution in [0.2, 0.25) is 0 Å². The summed E-state index contributed by atoms with van der Waals surface area (Å²) in [6.45, 7) is 8.40. The molecule has 1 aromatic carbocycles. The molecule has 0 saturated heterocycles. The number of hydrogen-bond acceptors (Lipinski definition) is 2. The molecule has 0 radical (unpaired) electrons. The second kappa shape index (κ2) is 7.09. The van der Waals surface area contributed by atoms with Crippen molar-refractivity contribution in [1.82, 2.24) is 5.32 Å². The van der Waals surface area contributed by atoms with Crippen molar-refractivity contribution in [1.29, 1.82) is 5.26 Å². The van der Waals surface area contributed by atoms with E-state index in [9.17, 15) is 0 Å². The Morgan fingerprint density at radius 3 is 2.47 bits per heavy atom. The molecule has 0 unspecified atom stereocenters. The molecule has 0 aliphatic heterocycles. The van der Waals surface area contributed by atoms with Gasteiger partial charge in [-0.25, -0.2) is 0 Å². The van der Waals surface area contributed by atoms with Crippen LogP contribution in [-0.4, -0.2) is 6.54 Å². The number of benzene rings is 1. The average molecular weight is 230 g/mol. The highest BCUT2D eigenvalue weighted by Crippen LogP contribution is 2.15. The minimum Gasteiger partial charge on any atom is -0.313 e. The summed E-state index contributed by atoms with van der Waals surface area (Å²) >= 11 is 0. The highest BCUT2D eigenvalue weighted by atomic mass is 14.8. The zero-order valence-corrected chi connectivity index (χ0v) is 11.1. The van der Waals surface area contributed by atoms with Crippen molar-refractivity contribution in [2.75, 3.05) is 6.54 Å². The number of rotatable bonds is 6. The van der Waals surface area contributed by atoms with Crippen molar-refractivity contribution < 1.29 is 0 Å². The van der Waals surface area contributed by atoms with E-state index < -0.39 is 0 Å². The topological polar surface area (TPSA) is 35.8 Å². The minimum atomic E-state index is 0.671. The third-order valence-corrected chi connectivity index (χ3v) is 3.16. The van der Waals surface area contributed by atoms with E-state index in [2.05, 4.69) is 44.3 Å². The minimum absolute atomic E-state index is 0.671. The second-order valence-electron chi connectivity index (χ2n) is 4.65. The van der Waals surface area contributed by atoms with E-state index in [0.29, 0.717) is 6.42 Å². The fourth-order valence-electron chi connectivity index (χ4n) is 1.89. The highest BCUT2D eigenvalue weighted by Gasteiger charge is 2.01. The van der Waals surface area contributed by atoms with Gasteiger partial charge in [0.05, 0.1) is 6.07 Å². The summed E-state index contributed by atoms with van der Waals surface area (Å²) in [5, 5.41) is 11.9. The van der Waals surface area contributed by atoms with E-state index in [1.54, 1.807) is 0 Å². The summed E-state index contributed by atoms with van der Waals surface area (Å²) in [6.07, 6.45) is 2.75. The number of hydrogen-bond donors (Lipinski definition) is 1. The molecule has 2 heteroatoms. The molecule has 0 atom stereocenters. The summed E-state index contributed by atoms with van der Waals surface area (Å²) in [5.74, 6) is 0. The Morgan fingerprint density at radius 2 is 1.76 bits per heavy atom. The van der Waals surface area contributed by atoms with Gasteiger partial charge in [0.15, 0.2) is 0 Å². The lowest BCUT2D eigenvalue weighted by Gasteiger charge is -2.10. The Morgan fingerprint density at radius 1 is 1.06 bits per heavy atom. The maximum Gasteiger partial charge on any atom is 0.0621 e. The van der Waals surface area contributed by atoms with Gasteiger partial charge in [0.1, 0.15) is 0 Å². The summed E-state index contributed by atoms with van der Waals surface area (Å²) in [6, 6.07) is 6.69. The molecule has 1 aromatic rings. The van der Waals surface area contributed by atoms with E-state index in [1.807, 2.05) is 0 Å². The molecule has 2 nitrogen and oxygen atoms in total. The van der Waals surface area contributed by atoms with Crippen LogP contribution < -0.4 is 5.32 Å². The molecular weight excluding hydrogens is 208 g/mol. The monoisotopic (exact) mass is 230 g/mol. The number of nitrogens with zero attached hydrogens (tertiary/aromatic N) is 1. The Balaban J connectivity index is 2.37. The normalized spacial score (nSPS) is 10.2. The molecule has 0 aliphatic rings. The van der Waals surface area contributed by atoms with Crippen LogP contribution in [0.1, 0.15) is 41.5 Å². The van der Waals surface area contributed by atoms with Crippen LogP contribution in [0.3, 0.4) is 0 Å². The Hall–Kier alpha value is -1.33. The smallest absolute Gasteiger partial charge is 0.0621 e. The van der Waals surface area contributed by atoms with E-state index in [1.165, 1.54) is 22.3 Å². The summed E-state index contributed by atoms with van der Waals surface area (Å²) in [5.41, 5.74) is 5.46. The van der Waals surface area contributed by atoms with Gasteiger partial charge in [-0.2, -0.15) is 5.26 Å². The lowest BCUT2D eigenvalue weighted by molar-refractivity contribution is 0.627. The molecule has 1 rings (SSSR count). The van der Waals surface area contributed by atoms with Gasteiger partial charge >= 0.3 is 0 Å². The van der Waals surface area contributed by atoms with Gasteiger partial charge in [-0.05, 0) is 62.4 Å². The highest BCUT2D eigenvalue weighted by molar-refractivity contribution is 5.36. The van der Waals surface area contributed by atoms with Crippen molar-refractivity contribution >= 4 is 0 Å². The molecule has 17 heavy (non-hydrogen) atoms. The zero-order valence-electron chi connectivity index (χ0n) is 11.1. The third kappa shape index (κ3) is 4.58. The first kappa shape index (κ1) is 13.7. The third-order valence-electron chi connectivity index (χ3n) is 3.16. The molecule has 92 valence electrons. The lowest BCUT2D eigenvalue weighted by atomic mass is 10.0. The van der Waals surface area contributed by atoms with Gasteiger partial charge < -0.3 is 5.32 Å². The molecule has 0 fully saturated rings. The predicted octanol–water partition coefficient (Wildman–Crippen LogP) is 3.40. The Labute approximate surface area is 105 Å². The Bertz CT molecular complexity index is 402. The van der Waals surface area contributed by atoms with Gasteiger partial charge in [0, 0.05) is 13.0 Å². The molecule has 0 spiro atoms. The zero-order chi connectivity index (χ0) is 12.7. The first-order valence-corrected chi connectivity index (χ1v) is 6.29. The lowest BCUT2D eigenvalue weighted by Crippen LogP contribution is -2.15. The molecule has 0 bridgehead atoms. The maximum absolute atomic E-state index is 8.42. The van der Waals surface area contributed by atoms with Crippen molar-refractivity contribution in [3.05, 3.63) is 34.4 Å². The predicted molar refractivity (Wildman–Crippen MR) is 71.8 cm³/mol. The van der Waals surface area contributed by atoms with E-state index in [-0.39, 0.29) is 0 Å². The standard InChI is InChI=1S/C15H22N2/c1-12-9-14(3)15(10-13(12)2)11-17-8-6-4-5-7-16/h9-10,17H,4-6,8,11H2,1-3H3. The second-order valence-corrected chi connectivity index (χ2v) is 4.65. The van der Waals surface area contributed by atoms with Crippen molar-refractivity contribution in [2.45, 2.75) is 46.6 Å². The molecular formula is C15H22N2. The largest absolute Gasteiger partial charge is 0.313 e. The van der Waals surface area contributed by atoms with E-state index >= 15 is 0 Å². The quantitative estimate of drug-likeness (QED) is 0.760. The van der Waals surface area contributed by atoms with Crippen LogP contribution in [-0.2, 0) is 6.54 Å². The van der Waals surface area contributed by atoms with Gasteiger partial charge in [0.25, 0.3) is 0 Å². The number of nitrogens with one attached hydrogen (secondary N) is 1. The number of aryl methyl sites for hydroxylation is 3. The first-order chi connectivity index (χ1) is 8.15. The molecule has 0 saturated carbocycles. The summed E-state index contributed by atoms with van der Waals surface area (Å²) in [7, 11) is 0. The molecule has 0 aromatic heterocycles. The van der Waals surface area contributed by atoms with E-state index in [4.69, 9.17) is 5.26 Å². The molecule has 0 aliphatic carbocycles. The summed E-state index contributed by atoms with van der Waals surface area (Å²) in [4.78, 5) is 0. The van der Waals surface area contributed by atoms with Gasteiger partial charge in [-0.15, -0.1) is 0 Å². The van der Waals surface area contributed by atoms with Crippen LogP contribution in [0.4, 0.5) is 0 Å². The van der Waals surface area contributed by atoms with Crippen LogP contribution in [0.15, 0.2) is 12.1 Å². The molecule has 0 amide bonds.